The number of rotatable bonds is 2. The van der Waals surface area contributed by atoms with Gasteiger partial charge in [-0.3, -0.25) is 4.40 Å². The maximum absolute atomic E-state index is 4.53. The van der Waals surface area contributed by atoms with E-state index in [4.69, 9.17) is 0 Å². The summed E-state index contributed by atoms with van der Waals surface area (Å²) in [5.41, 5.74) is 5.28. The first-order valence-electron chi connectivity index (χ1n) is 7.44. The number of nitrogens with one attached hydrogen (secondary N) is 1. The monoisotopic (exact) mass is 299 g/mol. The topological polar surface area (TPSA) is 50.9 Å². The molecule has 0 saturated carbocycles. The van der Waals surface area contributed by atoms with Gasteiger partial charge in [-0.15, -0.1) is 0 Å². The van der Waals surface area contributed by atoms with Crippen molar-refractivity contribution in [2.45, 2.75) is 0 Å². The van der Waals surface area contributed by atoms with Crippen LogP contribution in [0.25, 0.3) is 33.5 Å². The van der Waals surface area contributed by atoms with Crippen LogP contribution in [-0.4, -0.2) is 24.1 Å². The average molecular weight is 299 g/mol. The van der Waals surface area contributed by atoms with Crippen molar-refractivity contribution >= 4 is 16.6 Å². The Bertz CT molecular complexity index is 1110. The van der Waals surface area contributed by atoms with Gasteiger partial charge in [0.2, 0.25) is 0 Å². The Morgan fingerprint density at radius 2 is 2.00 bits per heavy atom. The molecule has 5 aromatic rings. The van der Waals surface area contributed by atoms with Gasteiger partial charge in [-0.25, -0.2) is 9.67 Å². The molecule has 0 radical (unpaired) electrons. The molecule has 0 aliphatic carbocycles. The molecule has 1 N–H and O–H groups in total. The van der Waals surface area contributed by atoms with Crippen molar-refractivity contribution in [1.82, 2.24) is 24.1 Å². The van der Waals surface area contributed by atoms with E-state index in [1.165, 1.54) is 5.39 Å². The summed E-state index contributed by atoms with van der Waals surface area (Å²) in [6.07, 6.45) is 9.66. The molecule has 0 saturated heterocycles. The van der Waals surface area contributed by atoms with Gasteiger partial charge < -0.3 is 4.98 Å². The Morgan fingerprint density at radius 3 is 2.91 bits per heavy atom. The van der Waals surface area contributed by atoms with Crippen LogP contribution in [0.3, 0.4) is 0 Å². The SMILES string of the molecule is c1cc(-c2cnc3ccc(-n4cccn4)cn23)c2cc[nH]c2c1. The number of aromatic nitrogens is 5. The molecule has 4 heterocycles. The van der Waals surface area contributed by atoms with Crippen LogP contribution in [0.15, 0.2) is 73.4 Å². The summed E-state index contributed by atoms with van der Waals surface area (Å²) in [6, 6.07) is 14.3. The van der Waals surface area contributed by atoms with Crippen LogP contribution in [0, 0.1) is 0 Å². The van der Waals surface area contributed by atoms with Gasteiger partial charge in [0.15, 0.2) is 0 Å². The van der Waals surface area contributed by atoms with Crippen molar-refractivity contribution in [1.29, 1.82) is 0 Å². The lowest BCUT2D eigenvalue weighted by Crippen LogP contribution is -1.97. The molecule has 1 aromatic carbocycles. The number of fused-ring (bicyclic) bond motifs is 2. The third-order valence-electron chi connectivity index (χ3n) is 4.13. The molecule has 23 heavy (non-hydrogen) atoms. The lowest BCUT2D eigenvalue weighted by molar-refractivity contribution is 0.871. The number of hydrogen-bond donors (Lipinski definition) is 1. The smallest absolute Gasteiger partial charge is 0.137 e. The van der Waals surface area contributed by atoms with Gasteiger partial charge in [0, 0.05) is 41.3 Å². The number of pyridine rings is 1. The molecule has 0 aliphatic rings. The quantitative estimate of drug-likeness (QED) is 0.540. The lowest BCUT2D eigenvalue weighted by atomic mass is 10.1. The number of benzene rings is 1. The van der Waals surface area contributed by atoms with Gasteiger partial charge in [-0.1, -0.05) is 12.1 Å². The molecule has 0 amide bonds. The summed E-state index contributed by atoms with van der Waals surface area (Å²) in [5.74, 6) is 0. The summed E-state index contributed by atoms with van der Waals surface area (Å²) in [7, 11) is 0. The van der Waals surface area contributed by atoms with Gasteiger partial charge >= 0.3 is 0 Å². The summed E-state index contributed by atoms with van der Waals surface area (Å²) in [4.78, 5) is 7.79. The molecule has 110 valence electrons. The zero-order chi connectivity index (χ0) is 15.2. The summed E-state index contributed by atoms with van der Waals surface area (Å²) in [5, 5.41) is 5.49. The minimum absolute atomic E-state index is 0.920. The molecular formula is C18H13N5. The molecule has 0 aliphatic heterocycles. The van der Waals surface area contributed by atoms with Crippen LogP contribution in [0.2, 0.25) is 0 Å². The van der Waals surface area contributed by atoms with E-state index in [-0.39, 0.29) is 0 Å². The highest BCUT2D eigenvalue weighted by molar-refractivity contribution is 5.94. The predicted octanol–water partition coefficient (Wildman–Crippen LogP) is 3.67. The summed E-state index contributed by atoms with van der Waals surface area (Å²) in [6.45, 7) is 0. The Morgan fingerprint density at radius 1 is 1.00 bits per heavy atom. The zero-order valence-electron chi connectivity index (χ0n) is 12.2. The molecule has 4 aromatic heterocycles. The maximum atomic E-state index is 4.53. The second kappa shape index (κ2) is 4.58. The molecule has 5 rings (SSSR count). The normalized spacial score (nSPS) is 11.5. The van der Waals surface area contributed by atoms with Crippen molar-refractivity contribution in [2.75, 3.05) is 0 Å². The highest BCUT2D eigenvalue weighted by atomic mass is 15.3. The Balaban J connectivity index is 1.79. The van der Waals surface area contributed by atoms with Gasteiger partial charge in [0.25, 0.3) is 0 Å². The second-order valence-corrected chi connectivity index (χ2v) is 5.45. The fraction of sp³-hybridized carbons (Fsp3) is 0. The van der Waals surface area contributed by atoms with Crippen molar-refractivity contribution in [3.8, 4) is 16.9 Å². The summed E-state index contributed by atoms with van der Waals surface area (Å²) >= 11 is 0. The average Bonchev–Trinajstić information content (AvgIpc) is 3.33. The minimum Gasteiger partial charge on any atom is -0.361 e. The van der Waals surface area contributed by atoms with Gasteiger partial charge in [0.1, 0.15) is 5.65 Å². The standard InChI is InChI=1S/C18H13N5/c1-3-15(14-7-9-19-16(14)4-1)17-11-20-18-6-5-13(12-22(17)18)23-10-2-8-21-23/h1-12,19H. The van der Waals surface area contributed by atoms with Crippen molar-refractivity contribution in [3.63, 3.8) is 0 Å². The number of nitrogens with zero attached hydrogens (tertiary/aromatic N) is 4. The van der Waals surface area contributed by atoms with Crippen LogP contribution in [0.5, 0.6) is 0 Å². The number of aromatic amines is 1. The second-order valence-electron chi connectivity index (χ2n) is 5.45. The molecular weight excluding hydrogens is 286 g/mol. The minimum atomic E-state index is 0.920. The molecule has 0 unspecified atom stereocenters. The van der Waals surface area contributed by atoms with Crippen LogP contribution in [-0.2, 0) is 0 Å². The fourth-order valence-electron chi connectivity index (χ4n) is 3.03. The first-order chi connectivity index (χ1) is 11.4. The zero-order valence-corrected chi connectivity index (χ0v) is 12.2. The van der Waals surface area contributed by atoms with Crippen LogP contribution >= 0.6 is 0 Å². The first-order valence-corrected chi connectivity index (χ1v) is 7.44. The third-order valence-corrected chi connectivity index (χ3v) is 4.13. The lowest BCUT2D eigenvalue weighted by Gasteiger charge is -2.06. The van der Waals surface area contributed by atoms with E-state index in [1.54, 1.807) is 6.20 Å². The van der Waals surface area contributed by atoms with Gasteiger partial charge in [-0.2, -0.15) is 5.10 Å². The third kappa shape index (κ3) is 1.80. The van der Waals surface area contributed by atoms with Crippen LogP contribution in [0.1, 0.15) is 0 Å². The number of imidazole rings is 1. The van der Waals surface area contributed by atoms with E-state index in [0.717, 1.165) is 28.1 Å². The van der Waals surface area contributed by atoms with Crippen molar-refractivity contribution < 1.29 is 0 Å². The van der Waals surface area contributed by atoms with Crippen LogP contribution in [0.4, 0.5) is 0 Å². The molecule has 5 nitrogen and oxygen atoms in total. The fourth-order valence-corrected chi connectivity index (χ4v) is 3.03. The van der Waals surface area contributed by atoms with E-state index >= 15 is 0 Å². The summed E-state index contributed by atoms with van der Waals surface area (Å²) < 4.78 is 3.96. The van der Waals surface area contributed by atoms with Gasteiger partial charge in [-0.05, 0) is 30.3 Å². The van der Waals surface area contributed by atoms with Crippen LogP contribution < -0.4 is 0 Å². The highest BCUT2D eigenvalue weighted by Crippen LogP contribution is 2.29. The molecule has 5 heteroatoms. The van der Waals surface area contributed by atoms with Crippen molar-refractivity contribution in [2.24, 2.45) is 0 Å². The number of H-pyrrole nitrogens is 1. The largest absolute Gasteiger partial charge is 0.361 e. The Hall–Kier alpha value is -3.34. The molecule has 0 bridgehead atoms. The Kier molecular flexibility index (Phi) is 2.43. The van der Waals surface area contributed by atoms with E-state index in [0.29, 0.717) is 0 Å². The molecule has 0 spiro atoms. The Labute approximate surface area is 131 Å². The van der Waals surface area contributed by atoms with E-state index in [9.17, 15) is 0 Å². The predicted molar refractivity (Wildman–Crippen MR) is 89.6 cm³/mol. The van der Waals surface area contributed by atoms with Crippen molar-refractivity contribution in [3.05, 3.63) is 73.4 Å². The molecule has 0 atom stereocenters. The maximum Gasteiger partial charge on any atom is 0.137 e. The van der Waals surface area contributed by atoms with E-state index in [2.05, 4.69) is 49.9 Å². The number of hydrogen-bond acceptors (Lipinski definition) is 2. The first kappa shape index (κ1) is 12.2. The molecule has 0 fully saturated rings. The van der Waals surface area contributed by atoms with E-state index < -0.39 is 0 Å². The van der Waals surface area contributed by atoms with Gasteiger partial charge in [0.05, 0.1) is 17.6 Å². The van der Waals surface area contributed by atoms with E-state index in [1.807, 2.05) is 41.5 Å². The highest BCUT2D eigenvalue weighted by Gasteiger charge is 2.10.